The molecule has 152 valence electrons. The predicted octanol–water partition coefficient (Wildman–Crippen LogP) is 2.59. The van der Waals surface area contributed by atoms with Crippen molar-refractivity contribution in [3.63, 3.8) is 0 Å². The Kier molecular flexibility index (Phi) is 8.07. The number of nitrogens with zero attached hydrogens (tertiary/aromatic N) is 3. The molecule has 0 unspecified atom stereocenters. The van der Waals surface area contributed by atoms with Crippen LogP contribution >= 0.6 is 0 Å². The Bertz CT molecular complexity index is 602. The lowest BCUT2D eigenvalue weighted by atomic mass is 10.1. The number of rotatable bonds is 8. The number of nitrogens with one attached hydrogen (secondary N) is 1. The van der Waals surface area contributed by atoms with Gasteiger partial charge in [-0.05, 0) is 45.9 Å². The Morgan fingerprint density at radius 3 is 2.26 bits per heavy atom. The van der Waals surface area contributed by atoms with Gasteiger partial charge in [-0.25, -0.2) is 0 Å². The van der Waals surface area contributed by atoms with Gasteiger partial charge in [-0.15, -0.1) is 0 Å². The molecular weight excluding hydrogens is 340 g/mol. The van der Waals surface area contributed by atoms with E-state index in [0.29, 0.717) is 18.6 Å². The SMILES string of the molecule is CC(=O)Nc1ccc(O)c(CN2CCN(CCN(C(C)C)C(C)C)CC2)c1. The van der Waals surface area contributed by atoms with Gasteiger partial charge in [0.05, 0.1) is 0 Å². The van der Waals surface area contributed by atoms with Crippen LogP contribution in [-0.2, 0) is 11.3 Å². The second-order valence-electron chi connectivity index (χ2n) is 8.07. The Hall–Kier alpha value is -1.63. The molecule has 2 N–H and O–H groups in total. The van der Waals surface area contributed by atoms with Crippen LogP contribution in [0.1, 0.15) is 40.2 Å². The molecule has 1 aromatic rings. The van der Waals surface area contributed by atoms with Crippen molar-refractivity contribution in [2.24, 2.45) is 0 Å². The van der Waals surface area contributed by atoms with E-state index in [9.17, 15) is 9.90 Å². The lowest BCUT2D eigenvalue weighted by Gasteiger charge is -2.37. The maximum absolute atomic E-state index is 11.2. The molecule has 1 amide bonds. The number of carbonyl (C=O) groups is 1. The first-order valence-corrected chi connectivity index (χ1v) is 10.1. The van der Waals surface area contributed by atoms with Crippen molar-refractivity contribution in [1.82, 2.24) is 14.7 Å². The third-order valence-corrected chi connectivity index (χ3v) is 5.26. The number of hydrogen-bond acceptors (Lipinski definition) is 5. The van der Waals surface area contributed by atoms with Gasteiger partial charge in [-0.1, -0.05) is 0 Å². The summed E-state index contributed by atoms with van der Waals surface area (Å²) in [5.41, 5.74) is 1.59. The average Bonchev–Trinajstić information content (AvgIpc) is 2.58. The molecule has 27 heavy (non-hydrogen) atoms. The highest BCUT2D eigenvalue weighted by molar-refractivity contribution is 5.88. The smallest absolute Gasteiger partial charge is 0.221 e. The number of benzene rings is 1. The van der Waals surface area contributed by atoms with Gasteiger partial charge in [0.1, 0.15) is 5.75 Å². The van der Waals surface area contributed by atoms with Crippen LogP contribution in [0.5, 0.6) is 5.75 Å². The zero-order valence-corrected chi connectivity index (χ0v) is 17.5. The van der Waals surface area contributed by atoms with E-state index in [1.807, 2.05) is 6.07 Å². The first-order chi connectivity index (χ1) is 12.8. The third kappa shape index (κ3) is 6.79. The molecule has 0 atom stereocenters. The monoisotopic (exact) mass is 376 g/mol. The van der Waals surface area contributed by atoms with E-state index in [4.69, 9.17) is 0 Å². The van der Waals surface area contributed by atoms with Crippen molar-refractivity contribution >= 4 is 11.6 Å². The van der Waals surface area contributed by atoms with Crippen LogP contribution in [0.4, 0.5) is 5.69 Å². The molecule has 0 spiro atoms. The first kappa shape index (κ1) is 21.7. The molecule has 0 bridgehead atoms. The topological polar surface area (TPSA) is 59.1 Å². The molecule has 0 saturated carbocycles. The van der Waals surface area contributed by atoms with E-state index in [-0.39, 0.29) is 11.7 Å². The molecule has 6 heteroatoms. The van der Waals surface area contributed by atoms with Crippen molar-refractivity contribution in [3.8, 4) is 5.75 Å². The summed E-state index contributed by atoms with van der Waals surface area (Å²) in [5.74, 6) is 0.188. The lowest BCUT2D eigenvalue weighted by molar-refractivity contribution is -0.114. The maximum atomic E-state index is 11.2. The largest absolute Gasteiger partial charge is 0.508 e. The molecule has 1 saturated heterocycles. The second-order valence-corrected chi connectivity index (χ2v) is 8.07. The second kappa shape index (κ2) is 10.1. The maximum Gasteiger partial charge on any atom is 0.221 e. The molecule has 1 heterocycles. The highest BCUT2D eigenvalue weighted by Gasteiger charge is 2.20. The lowest BCUT2D eigenvalue weighted by Crippen LogP contribution is -2.49. The number of piperazine rings is 1. The number of hydrogen-bond donors (Lipinski definition) is 2. The van der Waals surface area contributed by atoms with Crippen molar-refractivity contribution in [2.45, 2.75) is 53.2 Å². The number of phenols is 1. The Balaban J connectivity index is 1.83. The van der Waals surface area contributed by atoms with Crippen LogP contribution in [0.2, 0.25) is 0 Å². The Morgan fingerprint density at radius 1 is 1.11 bits per heavy atom. The molecule has 0 aliphatic carbocycles. The van der Waals surface area contributed by atoms with Gasteiger partial charge in [0, 0.05) is 76.1 Å². The van der Waals surface area contributed by atoms with Gasteiger partial charge >= 0.3 is 0 Å². The Morgan fingerprint density at radius 2 is 1.70 bits per heavy atom. The third-order valence-electron chi connectivity index (χ3n) is 5.26. The number of carbonyl (C=O) groups excluding carboxylic acids is 1. The zero-order chi connectivity index (χ0) is 20.0. The summed E-state index contributed by atoms with van der Waals surface area (Å²) in [7, 11) is 0. The van der Waals surface area contributed by atoms with Crippen LogP contribution < -0.4 is 5.32 Å². The van der Waals surface area contributed by atoms with Crippen molar-refractivity contribution in [1.29, 1.82) is 0 Å². The van der Waals surface area contributed by atoms with Gasteiger partial charge in [-0.3, -0.25) is 19.5 Å². The summed E-state index contributed by atoms with van der Waals surface area (Å²) in [6.07, 6.45) is 0. The predicted molar refractivity (Wildman–Crippen MR) is 111 cm³/mol. The fourth-order valence-corrected chi connectivity index (χ4v) is 3.77. The molecule has 1 aromatic carbocycles. The highest BCUT2D eigenvalue weighted by Crippen LogP contribution is 2.23. The van der Waals surface area contributed by atoms with Crippen LogP contribution in [0, 0.1) is 0 Å². The normalized spacial score (nSPS) is 16.4. The summed E-state index contributed by atoms with van der Waals surface area (Å²) >= 11 is 0. The van der Waals surface area contributed by atoms with Gasteiger partial charge in [0.2, 0.25) is 5.91 Å². The molecule has 0 radical (unpaired) electrons. The molecule has 6 nitrogen and oxygen atoms in total. The van der Waals surface area contributed by atoms with Crippen molar-refractivity contribution < 1.29 is 9.90 Å². The summed E-state index contributed by atoms with van der Waals surface area (Å²) < 4.78 is 0. The number of amides is 1. The molecule has 0 aromatic heterocycles. The molecule has 1 aliphatic heterocycles. The van der Waals surface area contributed by atoms with Gasteiger partial charge in [0.25, 0.3) is 0 Å². The minimum atomic E-state index is -0.0999. The molecule has 2 rings (SSSR count). The van der Waals surface area contributed by atoms with Crippen molar-refractivity contribution in [2.75, 3.05) is 44.6 Å². The van der Waals surface area contributed by atoms with E-state index in [0.717, 1.165) is 50.5 Å². The Labute approximate surface area is 164 Å². The number of aromatic hydroxyl groups is 1. The van der Waals surface area contributed by atoms with E-state index in [1.165, 1.54) is 6.92 Å². The number of anilines is 1. The van der Waals surface area contributed by atoms with Gasteiger partial charge in [0.15, 0.2) is 0 Å². The summed E-state index contributed by atoms with van der Waals surface area (Å²) in [6.45, 7) is 17.6. The zero-order valence-electron chi connectivity index (χ0n) is 17.5. The van der Waals surface area contributed by atoms with Crippen LogP contribution in [0.3, 0.4) is 0 Å². The molecule has 1 aliphatic rings. The van der Waals surface area contributed by atoms with Crippen LogP contribution in [0.15, 0.2) is 18.2 Å². The summed E-state index contributed by atoms with van der Waals surface area (Å²) in [4.78, 5) is 18.7. The quantitative estimate of drug-likeness (QED) is 0.683. The minimum Gasteiger partial charge on any atom is -0.508 e. The fraction of sp³-hybridized carbons (Fsp3) is 0.667. The number of phenolic OH excluding ortho intramolecular Hbond substituents is 1. The van der Waals surface area contributed by atoms with Crippen LogP contribution in [-0.4, -0.2) is 77.1 Å². The highest BCUT2D eigenvalue weighted by atomic mass is 16.3. The van der Waals surface area contributed by atoms with Crippen LogP contribution in [0.25, 0.3) is 0 Å². The van der Waals surface area contributed by atoms with E-state index in [1.54, 1.807) is 12.1 Å². The van der Waals surface area contributed by atoms with Crippen molar-refractivity contribution in [3.05, 3.63) is 23.8 Å². The fourth-order valence-electron chi connectivity index (χ4n) is 3.77. The first-order valence-electron chi connectivity index (χ1n) is 10.1. The molecule has 1 fully saturated rings. The summed E-state index contributed by atoms with van der Waals surface area (Å²) in [6, 6.07) is 6.40. The van der Waals surface area contributed by atoms with Gasteiger partial charge < -0.3 is 10.4 Å². The van der Waals surface area contributed by atoms with Gasteiger partial charge in [-0.2, -0.15) is 0 Å². The minimum absolute atomic E-state index is 0.0999. The average molecular weight is 377 g/mol. The molecular formula is C21H36N4O2. The van der Waals surface area contributed by atoms with E-state index in [2.05, 4.69) is 47.7 Å². The van der Waals surface area contributed by atoms with E-state index >= 15 is 0 Å². The summed E-state index contributed by atoms with van der Waals surface area (Å²) in [5, 5.41) is 12.9. The van der Waals surface area contributed by atoms with E-state index < -0.39 is 0 Å². The standard InChI is InChI=1S/C21H36N4O2/c1-16(2)25(17(3)4)13-12-23-8-10-24(11-9-23)15-19-14-20(22-18(5)26)6-7-21(19)27/h6-7,14,16-17,27H,8-13,15H2,1-5H3,(H,22,26).